The summed E-state index contributed by atoms with van der Waals surface area (Å²) in [5.41, 5.74) is 0.762. The molecule has 12 heteroatoms. The average Bonchev–Trinajstić information content (AvgIpc) is 2.65. The maximum Gasteiger partial charge on any atom is 0.251 e. The van der Waals surface area contributed by atoms with Gasteiger partial charge in [0.25, 0.3) is 5.56 Å². The third-order valence-electron chi connectivity index (χ3n) is 4.43. The van der Waals surface area contributed by atoms with Gasteiger partial charge in [0.15, 0.2) is 0 Å². The Hall–Kier alpha value is -2.70. The van der Waals surface area contributed by atoms with Gasteiger partial charge in [-0.1, -0.05) is 19.9 Å². The molecule has 1 aromatic heterocycles. The van der Waals surface area contributed by atoms with E-state index in [0.717, 1.165) is 23.1 Å². The van der Waals surface area contributed by atoms with Crippen molar-refractivity contribution in [2.45, 2.75) is 32.2 Å². The second-order valence-electron chi connectivity index (χ2n) is 6.87. The van der Waals surface area contributed by atoms with Crippen LogP contribution in [0.4, 0.5) is 11.4 Å². The molecule has 0 aliphatic carbocycles. The van der Waals surface area contributed by atoms with Crippen LogP contribution in [0.15, 0.2) is 46.2 Å². The van der Waals surface area contributed by atoms with Crippen LogP contribution in [0.25, 0.3) is 0 Å². The fraction of sp³-hybridized carbons (Fsp3) is 0.368. The lowest BCUT2D eigenvalue weighted by Crippen LogP contribution is -2.33. The molecule has 2 aromatic rings. The van der Waals surface area contributed by atoms with Gasteiger partial charge in [-0.15, -0.1) is 0 Å². The Balaban J connectivity index is 2.25. The van der Waals surface area contributed by atoms with Crippen molar-refractivity contribution in [1.82, 2.24) is 8.87 Å². The lowest BCUT2D eigenvalue weighted by Gasteiger charge is -2.19. The van der Waals surface area contributed by atoms with E-state index in [-0.39, 0.29) is 18.0 Å². The molecular weight excluding hydrogens is 444 g/mol. The number of benzene rings is 1. The molecule has 1 aromatic carbocycles. The molecule has 0 aliphatic rings. The molecule has 0 saturated heterocycles. The second kappa shape index (κ2) is 9.62. The highest BCUT2D eigenvalue weighted by molar-refractivity contribution is 7.92. The van der Waals surface area contributed by atoms with Crippen LogP contribution >= 0.6 is 0 Å². The van der Waals surface area contributed by atoms with Gasteiger partial charge in [-0.3, -0.25) is 14.3 Å². The second-order valence-corrected chi connectivity index (χ2v) is 10.6. The molecule has 0 radical (unpaired) electrons. The summed E-state index contributed by atoms with van der Waals surface area (Å²) >= 11 is 0. The summed E-state index contributed by atoms with van der Waals surface area (Å²) in [5, 5.41) is 2.58. The zero-order chi connectivity index (χ0) is 23.4. The largest absolute Gasteiger partial charge is 0.324 e. The Bertz CT molecular complexity index is 1230. The number of aromatic nitrogens is 1. The molecule has 10 nitrogen and oxygen atoms in total. The Morgan fingerprint density at radius 2 is 1.71 bits per heavy atom. The van der Waals surface area contributed by atoms with Crippen LogP contribution in [-0.4, -0.2) is 51.0 Å². The van der Waals surface area contributed by atoms with Crippen molar-refractivity contribution >= 4 is 37.3 Å². The summed E-state index contributed by atoms with van der Waals surface area (Å²) in [7, 11) is -7.28. The fourth-order valence-corrected chi connectivity index (χ4v) is 4.96. The van der Waals surface area contributed by atoms with Crippen LogP contribution in [0.5, 0.6) is 0 Å². The minimum Gasteiger partial charge on any atom is -0.324 e. The zero-order valence-corrected chi connectivity index (χ0v) is 19.4. The quantitative estimate of drug-likeness (QED) is 0.565. The van der Waals surface area contributed by atoms with Gasteiger partial charge in [0.1, 0.15) is 6.54 Å². The predicted octanol–water partition coefficient (Wildman–Crippen LogP) is 1.20. The van der Waals surface area contributed by atoms with Crippen LogP contribution in [0, 0.1) is 6.92 Å². The summed E-state index contributed by atoms with van der Waals surface area (Å²) in [4.78, 5) is 24.5. The SMILES string of the molecule is CCN(CC)S(=O)(=O)c1ccc(=O)n(CC(=O)Nc2ccc(C)c(NS(C)(=O)=O)c2)c1. The molecule has 0 aliphatic heterocycles. The van der Waals surface area contributed by atoms with E-state index in [1.807, 2.05) is 0 Å². The number of amides is 1. The standard InChI is InChI=1S/C19H26N4O6S2/c1-5-23(6-2)31(28,29)16-9-10-19(25)22(12-16)13-18(24)20-15-8-7-14(3)17(11-15)21-30(4,26)27/h7-12,21H,5-6,13H2,1-4H3,(H,20,24). The number of pyridine rings is 1. The Kier molecular flexibility index (Phi) is 7.63. The van der Waals surface area contributed by atoms with E-state index in [2.05, 4.69) is 10.0 Å². The van der Waals surface area contributed by atoms with E-state index in [0.29, 0.717) is 16.9 Å². The van der Waals surface area contributed by atoms with Crippen molar-refractivity contribution in [2.24, 2.45) is 0 Å². The van der Waals surface area contributed by atoms with Gasteiger partial charge in [-0.05, 0) is 30.7 Å². The maximum absolute atomic E-state index is 12.7. The Morgan fingerprint density at radius 3 is 2.29 bits per heavy atom. The molecule has 0 spiro atoms. The van der Waals surface area contributed by atoms with Crippen LogP contribution in [0.3, 0.4) is 0 Å². The Morgan fingerprint density at radius 1 is 1.06 bits per heavy atom. The molecule has 1 amide bonds. The van der Waals surface area contributed by atoms with Crippen LogP contribution in [0.1, 0.15) is 19.4 Å². The first-order valence-electron chi connectivity index (χ1n) is 9.46. The maximum atomic E-state index is 12.7. The summed E-state index contributed by atoms with van der Waals surface area (Å²) in [6.45, 7) is 5.26. The minimum atomic E-state index is -3.79. The van der Waals surface area contributed by atoms with E-state index < -0.39 is 38.1 Å². The van der Waals surface area contributed by atoms with Gasteiger partial charge in [-0.25, -0.2) is 16.8 Å². The smallest absolute Gasteiger partial charge is 0.251 e. The predicted molar refractivity (Wildman–Crippen MR) is 119 cm³/mol. The number of carbonyl (C=O) groups excluding carboxylic acids is 1. The highest BCUT2D eigenvalue weighted by Gasteiger charge is 2.22. The fourth-order valence-electron chi connectivity index (χ4n) is 2.86. The van der Waals surface area contributed by atoms with Gasteiger partial charge in [0.2, 0.25) is 26.0 Å². The highest BCUT2D eigenvalue weighted by Crippen LogP contribution is 2.21. The van der Waals surface area contributed by atoms with E-state index in [1.165, 1.54) is 16.4 Å². The van der Waals surface area contributed by atoms with Crippen LogP contribution in [0.2, 0.25) is 0 Å². The van der Waals surface area contributed by atoms with Crippen molar-refractivity contribution in [3.05, 3.63) is 52.4 Å². The van der Waals surface area contributed by atoms with E-state index >= 15 is 0 Å². The number of aryl methyl sites for hydroxylation is 1. The molecule has 170 valence electrons. The van der Waals surface area contributed by atoms with Gasteiger partial charge >= 0.3 is 0 Å². The van der Waals surface area contributed by atoms with Crippen LogP contribution in [-0.2, 0) is 31.4 Å². The third kappa shape index (κ3) is 6.39. The molecule has 0 bridgehead atoms. The first-order chi connectivity index (χ1) is 14.4. The van der Waals surface area contributed by atoms with Crippen molar-refractivity contribution in [2.75, 3.05) is 29.4 Å². The molecule has 2 rings (SSSR count). The van der Waals surface area contributed by atoms with Gasteiger partial charge in [-0.2, -0.15) is 4.31 Å². The molecule has 0 fully saturated rings. The summed E-state index contributed by atoms with van der Waals surface area (Å²) in [5.74, 6) is -0.575. The van der Waals surface area contributed by atoms with Crippen LogP contribution < -0.4 is 15.6 Å². The first kappa shape index (κ1) is 24.6. The lowest BCUT2D eigenvalue weighted by atomic mass is 10.2. The summed E-state index contributed by atoms with van der Waals surface area (Å²) in [6.07, 6.45) is 2.16. The van der Waals surface area contributed by atoms with Crippen molar-refractivity contribution in [3.8, 4) is 0 Å². The molecule has 1 heterocycles. The average molecular weight is 471 g/mol. The number of rotatable bonds is 9. The normalized spacial score (nSPS) is 12.0. The van der Waals surface area contributed by atoms with E-state index in [4.69, 9.17) is 0 Å². The number of nitrogens with zero attached hydrogens (tertiary/aromatic N) is 2. The number of nitrogens with one attached hydrogen (secondary N) is 2. The first-order valence-corrected chi connectivity index (χ1v) is 12.8. The van der Waals surface area contributed by atoms with Crippen molar-refractivity contribution < 1.29 is 21.6 Å². The molecule has 0 saturated carbocycles. The van der Waals surface area contributed by atoms with Gasteiger partial charge in [0.05, 0.1) is 16.8 Å². The van der Waals surface area contributed by atoms with Crippen molar-refractivity contribution in [1.29, 1.82) is 0 Å². The summed E-state index contributed by atoms with van der Waals surface area (Å²) in [6, 6.07) is 6.99. The molecule has 0 unspecified atom stereocenters. The van der Waals surface area contributed by atoms with Gasteiger partial charge in [0, 0.05) is 31.0 Å². The Labute approximate surface area is 182 Å². The third-order valence-corrected chi connectivity index (χ3v) is 7.05. The minimum absolute atomic E-state index is 0.0847. The summed E-state index contributed by atoms with van der Waals surface area (Å²) < 4.78 is 52.9. The van der Waals surface area contributed by atoms with E-state index in [1.54, 1.807) is 32.9 Å². The zero-order valence-electron chi connectivity index (χ0n) is 17.7. The number of hydrogen-bond donors (Lipinski definition) is 2. The molecule has 31 heavy (non-hydrogen) atoms. The monoisotopic (exact) mass is 470 g/mol. The highest BCUT2D eigenvalue weighted by atomic mass is 32.2. The lowest BCUT2D eigenvalue weighted by molar-refractivity contribution is -0.116. The molecule has 2 N–H and O–H groups in total. The van der Waals surface area contributed by atoms with E-state index in [9.17, 15) is 26.4 Å². The molecular formula is C19H26N4O6S2. The number of sulfonamides is 2. The number of carbonyl (C=O) groups is 1. The van der Waals surface area contributed by atoms with Crippen molar-refractivity contribution in [3.63, 3.8) is 0 Å². The molecule has 0 atom stereocenters. The topological polar surface area (TPSA) is 135 Å². The van der Waals surface area contributed by atoms with Gasteiger partial charge < -0.3 is 9.88 Å². The number of hydrogen-bond acceptors (Lipinski definition) is 6. The number of anilines is 2.